The number of ether oxygens (including phenoxy) is 1. The Bertz CT molecular complexity index is 1230. The summed E-state index contributed by atoms with van der Waals surface area (Å²) in [5.74, 6) is 0.232. The Labute approximate surface area is 221 Å². The van der Waals surface area contributed by atoms with Gasteiger partial charge in [-0.05, 0) is 73.7 Å². The van der Waals surface area contributed by atoms with E-state index >= 15 is 0 Å². The number of anilines is 2. The average Bonchev–Trinajstić information content (AvgIpc) is 2.90. The summed E-state index contributed by atoms with van der Waals surface area (Å²) in [4.78, 5) is 29.3. The van der Waals surface area contributed by atoms with Gasteiger partial charge in [-0.3, -0.25) is 14.9 Å². The molecule has 0 aromatic heterocycles. The maximum absolute atomic E-state index is 12.7. The average molecular weight is 523 g/mol. The van der Waals surface area contributed by atoms with E-state index in [0.717, 1.165) is 30.0 Å². The third-order valence-corrected chi connectivity index (χ3v) is 6.30. The first kappa shape index (κ1) is 25.5. The largest absolute Gasteiger partial charge is 0.492 e. The number of amides is 2. The van der Waals surface area contributed by atoms with Crippen LogP contribution in [0, 0.1) is 0 Å². The molecular weight excluding hydrogens is 496 g/mol. The Hall–Kier alpha value is -3.62. The molecule has 0 unspecified atom stereocenters. The van der Waals surface area contributed by atoms with Crippen molar-refractivity contribution in [2.24, 2.45) is 0 Å². The van der Waals surface area contributed by atoms with Crippen LogP contribution in [0.25, 0.3) is 0 Å². The van der Waals surface area contributed by atoms with Crippen LogP contribution < -0.4 is 20.3 Å². The minimum Gasteiger partial charge on any atom is -0.492 e. The molecule has 1 aliphatic rings. The van der Waals surface area contributed by atoms with Gasteiger partial charge in [-0.2, -0.15) is 0 Å². The number of carbonyl (C=O) groups is 2. The second-order valence-electron chi connectivity index (χ2n) is 8.18. The summed E-state index contributed by atoms with van der Waals surface area (Å²) in [6.45, 7) is 5.19. The smallest absolute Gasteiger partial charge is 0.257 e. The second-order valence-corrected chi connectivity index (χ2v) is 8.99. The zero-order valence-corrected chi connectivity index (χ0v) is 21.4. The highest BCUT2D eigenvalue weighted by Crippen LogP contribution is 2.25. The molecule has 186 valence electrons. The van der Waals surface area contributed by atoms with E-state index in [9.17, 15) is 9.59 Å². The molecule has 9 heteroatoms. The fourth-order valence-electron chi connectivity index (χ4n) is 3.94. The molecule has 1 heterocycles. The number of benzene rings is 3. The van der Waals surface area contributed by atoms with Crippen molar-refractivity contribution in [2.75, 3.05) is 43.0 Å². The van der Waals surface area contributed by atoms with Crippen LogP contribution in [0.15, 0.2) is 72.8 Å². The van der Waals surface area contributed by atoms with Gasteiger partial charge in [-0.1, -0.05) is 29.8 Å². The lowest BCUT2D eigenvalue weighted by molar-refractivity contribution is 0.0746. The van der Waals surface area contributed by atoms with Crippen LogP contribution in [-0.2, 0) is 0 Å². The second kappa shape index (κ2) is 11.9. The van der Waals surface area contributed by atoms with E-state index in [-0.39, 0.29) is 16.9 Å². The minimum atomic E-state index is -0.364. The lowest BCUT2D eigenvalue weighted by Crippen LogP contribution is -2.48. The molecule has 0 saturated carbocycles. The Morgan fingerprint density at radius 3 is 2.28 bits per heavy atom. The van der Waals surface area contributed by atoms with Gasteiger partial charge in [0.2, 0.25) is 0 Å². The maximum atomic E-state index is 12.7. The third kappa shape index (κ3) is 6.33. The van der Waals surface area contributed by atoms with Crippen LogP contribution in [-0.4, -0.2) is 54.6 Å². The maximum Gasteiger partial charge on any atom is 0.257 e. The number of nitrogens with one attached hydrogen (secondary N) is 2. The highest BCUT2D eigenvalue weighted by molar-refractivity contribution is 7.80. The number of thiocarbonyl (C=S) groups is 1. The molecule has 3 aromatic carbocycles. The lowest BCUT2D eigenvalue weighted by atomic mass is 10.1. The normalized spacial score (nSPS) is 13.2. The summed E-state index contributed by atoms with van der Waals surface area (Å²) >= 11 is 11.5. The molecule has 2 N–H and O–H groups in total. The van der Waals surface area contributed by atoms with Crippen LogP contribution in [0.1, 0.15) is 27.6 Å². The molecule has 0 atom stereocenters. The van der Waals surface area contributed by atoms with Gasteiger partial charge in [0.25, 0.3) is 11.8 Å². The molecule has 4 rings (SSSR count). The van der Waals surface area contributed by atoms with Crippen molar-refractivity contribution in [3.63, 3.8) is 0 Å². The van der Waals surface area contributed by atoms with Crippen LogP contribution in [0.5, 0.6) is 5.75 Å². The molecule has 0 bridgehead atoms. The van der Waals surface area contributed by atoms with Crippen molar-refractivity contribution in [1.29, 1.82) is 0 Å². The Balaban J connectivity index is 1.27. The monoisotopic (exact) mass is 522 g/mol. The number of carbonyl (C=O) groups excluding carboxylic acids is 2. The summed E-state index contributed by atoms with van der Waals surface area (Å²) in [6, 6.07) is 22.0. The van der Waals surface area contributed by atoms with E-state index in [0.29, 0.717) is 36.0 Å². The van der Waals surface area contributed by atoms with Gasteiger partial charge in [0, 0.05) is 48.7 Å². The quantitative estimate of drug-likeness (QED) is 0.452. The topological polar surface area (TPSA) is 73.9 Å². The van der Waals surface area contributed by atoms with E-state index in [2.05, 4.69) is 15.5 Å². The Morgan fingerprint density at radius 1 is 0.944 bits per heavy atom. The minimum absolute atomic E-state index is 0.0675. The Kier molecular flexibility index (Phi) is 8.40. The van der Waals surface area contributed by atoms with Crippen molar-refractivity contribution < 1.29 is 14.3 Å². The molecule has 0 radical (unpaired) electrons. The number of hydrogen-bond donors (Lipinski definition) is 2. The van der Waals surface area contributed by atoms with Crippen LogP contribution >= 0.6 is 23.8 Å². The van der Waals surface area contributed by atoms with Gasteiger partial charge in [-0.15, -0.1) is 0 Å². The van der Waals surface area contributed by atoms with Crippen molar-refractivity contribution in [3.8, 4) is 5.75 Å². The van der Waals surface area contributed by atoms with Crippen LogP contribution in [0.3, 0.4) is 0 Å². The SMILES string of the molecule is CCOc1ccc(C(=O)NC(=S)Nc2ccc(N3CCN(C(=O)c4ccccc4)CC3)cc2)cc1Cl. The van der Waals surface area contributed by atoms with Gasteiger partial charge in [-0.25, -0.2) is 0 Å². The van der Waals surface area contributed by atoms with Gasteiger partial charge in [0.1, 0.15) is 5.75 Å². The number of piperazine rings is 1. The Morgan fingerprint density at radius 2 is 1.64 bits per heavy atom. The first-order valence-electron chi connectivity index (χ1n) is 11.7. The van der Waals surface area contributed by atoms with Gasteiger partial charge < -0.3 is 19.9 Å². The zero-order chi connectivity index (χ0) is 25.5. The number of halogens is 1. The molecule has 1 aliphatic heterocycles. The van der Waals surface area contributed by atoms with Crippen LogP contribution in [0.2, 0.25) is 5.02 Å². The lowest BCUT2D eigenvalue weighted by Gasteiger charge is -2.36. The molecule has 2 amide bonds. The van der Waals surface area contributed by atoms with E-state index in [4.69, 9.17) is 28.6 Å². The van der Waals surface area contributed by atoms with Gasteiger partial charge in [0.15, 0.2) is 5.11 Å². The van der Waals surface area contributed by atoms with E-state index in [1.54, 1.807) is 18.2 Å². The summed E-state index contributed by atoms with van der Waals surface area (Å²) in [6.07, 6.45) is 0. The fraction of sp³-hybridized carbons (Fsp3) is 0.222. The summed E-state index contributed by atoms with van der Waals surface area (Å²) < 4.78 is 5.40. The molecule has 1 saturated heterocycles. The number of hydrogen-bond acceptors (Lipinski definition) is 5. The van der Waals surface area contributed by atoms with Crippen molar-refractivity contribution in [2.45, 2.75) is 6.92 Å². The van der Waals surface area contributed by atoms with E-state index in [1.165, 1.54) is 0 Å². The molecule has 3 aromatic rings. The number of rotatable bonds is 6. The molecular formula is C27H27ClN4O3S. The van der Waals surface area contributed by atoms with Crippen molar-refractivity contribution in [1.82, 2.24) is 10.2 Å². The number of nitrogens with zero attached hydrogens (tertiary/aromatic N) is 2. The first-order chi connectivity index (χ1) is 17.4. The fourth-order valence-corrected chi connectivity index (χ4v) is 4.38. The predicted molar refractivity (Wildman–Crippen MR) is 147 cm³/mol. The zero-order valence-electron chi connectivity index (χ0n) is 19.9. The van der Waals surface area contributed by atoms with Gasteiger partial charge >= 0.3 is 0 Å². The summed E-state index contributed by atoms with van der Waals surface area (Å²) in [7, 11) is 0. The summed E-state index contributed by atoms with van der Waals surface area (Å²) in [5.41, 5.74) is 2.92. The van der Waals surface area contributed by atoms with E-state index < -0.39 is 0 Å². The summed E-state index contributed by atoms with van der Waals surface area (Å²) in [5, 5.41) is 6.24. The van der Waals surface area contributed by atoms with Crippen molar-refractivity contribution >= 4 is 52.1 Å². The molecule has 7 nitrogen and oxygen atoms in total. The van der Waals surface area contributed by atoms with Crippen LogP contribution in [0.4, 0.5) is 11.4 Å². The van der Waals surface area contributed by atoms with Gasteiger partial charge in [0.05, 0.1) is 11.6 Å². The highest BCUT2D eigenvalue weighted by Gasteiger charge is 2.22. The molecule has 1 fully saturated rings. The highest BCUT2D eigenvalue weighted by atomic mass is 35.5. The first-order valence-corrected chi connectivity index (χ1v) is 12.5. The third-order valence-electron chi connectivity index (χ3n) is 5.80. The standard InChI is InChI=1S/C27H27ClN4O3S/c1-2-35-24-13-8-20(18-23(24)28)25(33)30-27(36)29-21-9-11-22(12-10-21)31-14-16-32(17-15-31)26(34)19-6-4-3-5-7-19/h3-13,18H,2,14-17H2,1H3,(H2,29,30,33,36). The van der Waals surface area contributed by atoms with E-state index in [1.807, 2.05) is 66.4 Å². The predicted octanol–water partition coefficient (Wildman–Crippen LogP) is 4.83. The van der Waals surface area contributed by atoms with Crippen molar-refractivity contribution in [3.05, 3.63) is 88.9 Å². The molecule has 0 aliphatic carbocycles. The molecule has 36 heavy (non-hydrogen) atoms. The molecule has 0 spiro atoms.